The third-order valence-electron chi connectivity index (χ3n) is 6.01. The van der Waals surface area contributed by atoms with E-state index < -0.39 is 0 Å². The van der Waals surface area contributed by atoms with Crippen molar-refractivity contribution in [3.05, 3.63) is 102 Å². The third kappa shape index (κ3) is 4.83. The third-order valence-corrected chi connectivity index (χ3v) is 6.01. The minimum atomic E-state index is -0.322. The molecular weight excluding hydrogens is 400 g/mol. The highest BCUT2D eigenvalue weighted by Gasteiger charge is 2.31. The van der Waals surface area contributed by atoms with Crippen molar-refractivity contribution in [2.45, 2.75) is 24.8 Å². The average molecular weight is 429 g/mol. The van der Waals surface area contributed by atoms with Gasteiger partial charge in [-0.3, -0.25) is 9.59 Å². The predicted octanol–water partition coefficient (Wildman–Crippen LogP) is 4.25. The van der Waals surface area contributed by atoms with E-state index in [1.165, 1.54) is 0 Å². The summed E-state index contributed by atoms with van der Waals surface area (Å²) in [4.78, 5) is 28.2. The van der Waals surface area contributed by atoms with Gasteiger partial charge >= 0.3 is 0 Å². The Labute approximate surface area is 189 Å². The summed E-state index contributed by atoms with van der Waals surface area (Å²) in [5.41, 5.74) is 2.52. The molecule has 32 heavy (non-hydrogen) atoms. The molecule has 164 valence electrons. The van der Waals surface area contributed by atoms with E-state index >= 15 is 0 Å². The Morgan fingerprint density at radius 2 is 1.38 bits per heavy atom. The molecule has 1 saturated heterocycles. The first-order valence-corrected chi connectivity index (χ1v) is 11.0. The fourth-order valence-corrected chi connectivity index (χ4v) is 4.29. The highest BCUT2D eigenvalue weighted by atomic mass is 16.5. The van der Waals surface area contributed by atoms with Gasteiger partial charge in [0.05, 0.1) is 18.6 Å². The molecule has 0 unspecified atom stereocenters. The van der Waals surface area contributed by atoms with Gasteiger partial charge in [0.15, 0.2) is 0 Å². The molecule has 1 N–H and O–H groups in total. The number of hydrogen-bond acceptors (Lipinski definition) is 3. The molecule has 4 rings (SSSR count). The van der Waals surface area contributed by atoms with E-state index in [0.717, 1.165) is 24.0 Å². The number of nitrogens with one attached hydrogen (secondary N) is 1. The second kappa shape index (κ2) is 10.1. The van der Waals surface area contributed by atoms with Gasteiger partial charge < -0.3 is 15.0 Å². The van der Waals surface area contributed by atoms with Crippen molar-refractivity contribution < 1.29 is 14.3 Å². The Morgan fingerprint density at radius 1 is 0.844 bits per heavy atom. The molecule has 0 radical (unpaired) electrons. The monoisotopic (exact) mass is 428 g/mol. The van der Waals surface area contributed by atoms with E-state index in [1.807, 2.05) is 77.7 Å². The van der Waals surface area contributed by atoms with Gasteiger partial charge in [0.1, 0.15) is 5.75 Å². The number of benzene rings is 3. The Balaban J connectivity index is 1.42. The Bertz CT molecular complexity index is 1010. The Morgan fingerprint density at radius 3 is 1.94 bits per heavy atom. The van der Waals surface area contributed by atoms with Crippen molar-refractivity contribution >= 4 is 11.8 Å². The molecule has 2 amide bonds. The lowest BCUT2D eigenvalue weighted by molar-refractivity contribution is -0.132. The molecule has 0 spiro atoms. The molecule has 0 saturated carbocycles. The first-order chi connectivity index (χ1) is 15.7. The number of ether oxygens (including phenoxy) is 1. The number of hydrogen-bond donors (Lipinski definition) is 1. The molecule has 0 aromatic heterocycles. The normalized spacial score (nSPS) is 14.2. The molecule has 3 aromatic rings. The van der Waals surface area contributed by atoms with Crippen LogP contribution in [-0.4, -0.2) is 43.0 Å². The lowest BCUT2D eigenvalue weighted by Crippen LogP contribution is -2.47. The van der Waals surface area contributed by atoms with Gasteiger partial charge in [-0.1, -0.05) is 72.8 Å². The summed E-state index contributed by atoms with van der Waals surface area (Å²) >= 11 is 0. The lowest BCUT2D eigenvalue weighted by atomic mass is 9.89. The van der Waals surface area contributed by atoms with Crippen LogP contribution in [0.1, 0.15) is 40.2 Å². The summed E-state index contributed by atoms with van der Waals surface area (Å²) in [6, 6.07) is 27.1. The zero-order chi connectivity index (χ0) is 22.3. The lowest BCUT2D eigenvalue weighted by Gasteiger charge is -2.35. The van der Waals surface area contributed by atoms with Crippen LogP contribution in [0.25, 0.3) is 0 Å². The summed E-state index contributed by atoms with van der Waals surface area (Å²) in [5, 5.41) is 3.11. The number of likely N-dealkylation sites (tertiary alicyclic amines) is 1. The van der Waals surface area contributed by atoms with Gasteiger partial charge in [0.2, 0.25) is 5.91 Å². The second-order valence-corrected chi connectivity index (χ2v) is 8.03. The zero-order valence-corrected chi connectivity index (χ0v) is 18.2. The average Bonchev–Trinajstić information content (AvgIpc) is 2.86. The number of nitrogens with zero attached hydrogens (tertiary/aromatic N) is 1. The minimum Gasteiger partial charge on any atom is -0.496 e. The number of carbonyl (C=O) groups is 2. The van der Waals surface area contributed by atoms with Crippen LogP contribution in [0, 0.1) is 0 Å². The maximum Gasteiger partial charge on any atom is 0.255 e. The molecule has 1 aliphatic rings. The van der Waals surface area contributed by atoms with Crippen LogP contribution < -0.4 is 10.1 Å². The van der Waals surface area contributed by atoms with Gasteiger partial charge in [0, 0.05) is 19.1 Å². The second-order valence-electron chi connectivity index (χ2n) is 8.03. The van der Waals surface area contributed by atoms with Crippen LogP contribution in [0.5, 0.6) is 5.75 Å². The molecule has 0 aliphatic carbocycles. The van der Waals surface area contributed by atoms with Crippen molar-refractivity contribution in [1.82, 2.24) is 10.2 Å². The maximum atomic E-state index is 13.6. The predicted molar refractivity (Wildman–Crippen MR) is 125 cm³/mol. The maximum absolute atomic E-state index is 13.6. The molecular formula is C27H28N2O3. The molecule has 5 nitrogen and oxygen atoms in total. The van der Waals surface area contributed by atoms with Crippen LogP contribution in [0.4, 0.5) is 0 Å². The highest BCUT2D eigenvalue weighted by Crippen LogP contribution is 2.28. The quantitative estimate of drug-likeness (QED) is 0.639. The van der Waals surface area contributed by atoms with Crippen LogP contribution in [-0.2, 0) is 4.79 Å². The Hall–Kier alpha value is -3.60. The van der Waals surface area contributed by atoms with Gasteiger partial charge in [0.25, 0.3) is 5.91 Å². The molecule has 1 aliphatic heterocycles. The molecule has 0 atom stereocenters. The van der Waals surface area contributed by atoms with Gasteiger partial charge in [-0.15, -0.1) is 0 Å². The smallest absolute Gasteiger partial charge is 0.255 e. The first kappa shape index (κ1) is 21.6. The van der Waals surface area contributed by atoms with E-state index in [0.29, 0.717) is 24.4 Å². The van der Waals surface area contributed by atoms with E-state index in [2.05, 4.69) is 5.32 Å². The SMILES string of the molecule is COc1ccccc1C(=O)NC1CCN(C(=O)C(c2ccccc2)c2ccccc2)CC1. The molecule has 0 bridgehead atoms. The highest BCUT2D eigenvalue weighted by molar-refractivity contribution is 5.97. The number of piperidine rings is 1. The summed E-state index contributed by atoms with van der Waals surface area (Å²) in [5.74, 6) is 0.207. The van der Waals surface area contributed by atoms with Crippen molar-refractivity contribution in [2.75, 3.05) is 20.2 Å². The van der Waals surface area contributed by atoms with Crippen LogP contribution in [0.2, 0.25) is 0 Å². The van der Waals surface area contributed by atoms with Gasteiger partial charge in [-0.25, -0.2) is 0 Å². The summed E-state index contributed by atoms with van der Waals surface area (Å²) in [7, 11) is 1.56. The van der Waals surface area contributed by atoms with E-state index in [4.69, 9.17) is 4.74 Å². The van der Waals surface area contributed by atoms with Crippen molar-refractivity contribution in [1.29, 1.82) is 0 Å². The number of carbonyl (C=O) groups excluding carboxylic acids is 2. The van der Waals surface area contributed by atoms with E-state index in [9.17, 15) is 9.59 Å². The van der Waals surface area contributed by atoms with Crippen LogP contribution in [0.3, 0.4) is 0 Å². The Kier molecular flexibility index (Phi) is 6.85. The zero-order valence-electron chi connectivity index (χ0n) is 18.2. The molecule has 1 fully saturated rings. The largest absolute Gasteiger partial charge is 0.496 e. The van der Waals surface area contributed by atoms with Gasteiger partial charge in [-0.2, -0.15) is 0 Å². The molecule has 3 aromatic carbocycles. The van der Waals surface area contributed by atoms with Crippen LogP contribution in [0.15, 0.2) is 84.9 Å². The number of amides is 2. The number of methoxy groups -OCH3 is 1. The minimum absolute atomic E-state index is 0.0309. The topological polar surface area (TPSA) is 58.6 Å². The standard InChI is InChI=1S/C27H28N2O3/c1-32-24-15-9-8-14-23(24)26(30)28-22-16-18-29(19-17-22)27(31)25(20-10-4-2-5-11-20)21-12-6-3-7-13-21/h2-15,22,25H,16-19H2,1H3,(H,28,30). The summed E-state index contributed by atoms with van der Waals surface area (Å²) < 4.78 is 5.30. The van der Waals surface area contributed by atoms with E-state index in [1.54, 1.807) is 19.2 Å². The molecule has 1 heterocycles. The molecule has 5 heteroatoms. The first-order valence-electron chi connectivity index (χ1n) is 11.0. The van der Waals surface area contributed by atoms with E-state index in [-0.39, 0.29) is 23.8 Å². The van der Waals surface area contributed by atoms with Crippen molar-refractivity contribution in [2.24, 2.45) is 0 Å². The van der Waals surface area contributed by atoms with Crippen molar-refractivity contribution in [3.8, 4) is 5.75 Å². The number of rotatable bonds is 6. The fraction of sp³-hybridized carbons (Fsp3) is 0.259. The number of para-hydroxylation sites is 1. The van der Waals surface area contributed by atoms with Crippen molar-refractivity contribution in [3.63, 3.8) is 0 Å². The van der Waals surface area contributed by atoms with Crippen LogP contribution >= 0.6 is 0 Å². The summed E-state index contributed by atoms with van der Waals surface area (Å²) in [6.45, 7) is 1.23. The summed E-state index contributed by atoms with van der Waals surface area (Å²) in [6.07, 6.45) is 1.45. The van der Waals surface area contributed by atoms with Gasteiger partial charge in [-0.05, 0) is 36.1 Å². The fourth-order valence-electron chi connectivity index (χ4n) is 4.29.